The van der Waals surface area contributed by atoms with Gasteiger partial charge in [-0.25, -0.2) is 4.98 Å². The maximum Gasteiger partial charge on any atom is 0.259 e. The number of nitrogens with one attached hydrogen (secondary N) is 1. The quantitative estimate of drug-likeness (QED) is 0.580. The molecule has 1 aromatic heterocycles. The Bertz CT molecular complexity index is 587. The van der Waals surface area contributed by atoms with E-state index >= 15 is 0 Å². The van der Waals surface area contributed by atoms with Crippen molar-refractivity contribution in [2.75, 3.05) is 5.32 Å². The van der Waals surface area contributed by atoms with Gasteiger partial charge >= 0.3 is 0 Å². The molecule has 2 rings (SSSR count). The summed E-state index contributed by atoms with van der Waals surface area (Å²) >= 11 is 5.29. The second-order valence-electron chi connectivity index (χ2n) is 3.49. The predicted molar refractivity (Wildman–Crippen MR) is 80.7 cm³/mol. The summed E-state index contributed by atoms with van der Waals surface area (Å²) < 4.78 is 1.57. The third-order valence-electron chi connectivity index (χ3n) is 2.19. The van der Waals surface area contributed by atoms with Gasteiger partial charge in [-0.1, -0.05) is 0 Å². The molecule has 1 amide bonds. The van der Waals surface area contributed by atoms with Crippen molar-refractivity contribution in [2.24, 2.45) is 0 Å². The van der Waals surface area contributed by atoms with Crippen LogP contribution in [0.3, 0.4) is 0 Å². The first-order chi connectivity index (χ1) is 8.56. The van der Waals surface area contributed by atoms with Crippen LogP contribution in [0.25, 0.3) is 0 Å². The Labute approximate surface area is 126 Å². The zero-order valence-electron chi connectivity index (χ0n) is 9.02. The fraction of sp³-hybridized carbons (Fsp3) is 0. The van der Waals surface area contributed by atoms with Crippen molar-refractivity contribution in [3.05, 3.63) is 50.3 Å². The van der Waals surface area contributed by atoms with Crippen molar-refractivity contribution >= 4 is 50.1 Å². The van der Waals surface area contributed by atoms with Crippen LogP contribution in [-0.4, -0.2) is 16.0 Å². The topological polar surface area (TPSA) is 62.2 Å². The van der Waals surface area contributed by atoms with E-state index in [1.807, 2.05) is 0 Å². The maximum absolute atomic E-state index is 12.0. The first-order valence-corrected chi connectivity index (χ1v) is 6.85. The molecule has 18 heavy (non-hydrogen) atoms. The van der Waals surface area contributed by atoms with E-state index in [-0.39, 0.29) is 17.2 Å². The summed E-state index contributed by atoms with van der Waals surface area (Å²) in [6.07, 6.45) is 1.53. The Kier molecular flexibility index (Phi) is 4.18. The highest BCUT2D eigenvalue weighted by atomic mass is 127. The average Bonchev–Trinajstić information content (AvgIpc) is 2.35. The van der Waals surface area contributed by atoms with Gasteiger partial charge in [-0.3, -0.25) is 4.79 Å². The minimum Gasteiger partial charge on any atom is -0.507 e. The fourth-order valence-corrected chi connectivity index (χ4v) is 2.06. The monoisotopic (exact) mass is 418 g/mol. The summed E-state index contributed by atoms with van der Waals surface area (Å²) in [4.78, 5) is 16.0. The van der Waals surface area contributed by atoms with Crippen molar-refractivity contribution in [2.45, 2.75) is 0 Å². The first kappa shape index (κ1) is 13.3. The summed E-state index contributed by atoms with van der Waals surface area (Å²) in [5.41, 5.74) is 0.811. The van der Waals surface area contributed by atoms with Gasteiger partial charge in [-0.05, 0) is 68.9 Å². The molecule has 1 aromatic carbocycles. The number of aromatic hydroxyl groups is 1. The van der Waals surface area contributed by atoms with Gasteiger partial charge < -0.3 is 10.4 Å². The third-order valence-corrected chi connectivity index (χ3v) is 3.33. The second-order valence-corrected chi connectivity index (χ2v) is 5.54. The number of rotatable bonds is 2. The van der Waals surface area contributed by atoms with E-state index in [0.717, 1.165) is 3.57 Å². The molecule has 92 valence electrons. The number of carbonyl (C=O) groups excluding carboxylic acids is 1. The number of aromatic nitrogens is 1. The number of amides is 1. The summed E-state index contributed by atoms with van der Waals surface area (Å²) in [5, 5.41) is 12.3. The average molecular weight is 419 g/mol. The molecule has 0 saturated carbocycles. The molecule has 0 bridgehead atoms. The van der Waals surface area contributed by atoms with Crippen LogP contribution in [-0.2, 0) is 0 Å². The van der Waals surface area contributed by atoms with E-state index in [9.17, 15) is 9.90 Å². The van der Waals surface area contributed by atoms with Crippen molar-refractivity contribution in [1.29, 1.82) is 0 Å². The molecule has 2 aromatic rings. The lowest BCUT2D eigenvalue weighted by molar-refractivity contribution is 0.102. The molecule has 0 spiro atoms. The molecule has 0 aliphatic carbocycles. The van der Waals surface area contributed by atoms with Crippen molar-refractivity contribution < 1.29 is 9.90 Å². The Balaban J connectivity index is 2.21. The number of benzene rings is 1. The van der Waals surface area contributed by atoms with Gasteiger partial charge in [0.15, 0.2) is 0 Å². The number of phenolic OH excluding ortho intramolecular Hbond substituents is 1. The SMILES string of the molecule is O=C(Nc1ccc(Br)nc1)c1cc(I)ccc1O. The normalized spacial score (nSPS) is 10.1. The van der Waals surface area contributed by atoms with Gasteiger partial charge in [-0.2, -0.15) is 0 Å². The van der Waals surface area contributed by atoms with E-state index in [4.69, 9.17) is 0 Å². The van der Waals surface area contributed by atoms with E-state index in [1.165, 1.54) is 12.3 Å². The lowest BCUT2D eigenvalue weighted by atomic mass is 10.2. The van der Waals surface area contributed by atoms with Gasteiger partial charge in [0.25, 0.3) is 5.91 Å². The van der Waals surface area contributed by atoms with E-state index in [0.29, 0.717) is 10.3 Å². The van der Waals surface area contributed by atoms with Crippen LogP contribution in [0.4, 0.5) is 5.69 Å². The van der Waals surface area contributed by atoms with E-state index in [1.54, 1.807) is 24.3 Å². The molecule has 0 fully saturated rings. The van der Waals surface area contributed by atoms with Crippen LogP contribution in [0.2, 0.25) is 0 Å². The predicted octanol–water partition coefficient (Wildman–Crippen LogP) is 3.41. The highest BCUT2D eigenvalue weighted by Crippen LogP contribution is 2.21. The highest BCUT2D eigenvalue weighted by Gasteiger charge is 2.11. The minimum atomic E-state index is -0.366. The van der Waals surface area contributed by atoms with Crippen molar-refractivity contribution in [1.82, 2.24) is 4.98 Å². The van der Waals surface area contributed by atoms with E-state index in [2.05, 4.69) is 48.8 Å². The Morgan fingerprint density at radius 3 is 2.78 bits per heavy atom. The molecule has 0 unspecified atom stereocenters. The van der Waals surface area contributed by atoms with Crippen LogP contribution in [0.15, 0.2) is 41.1 Å². The summed E-state index contributed by atoms with van der Waals surface area (Å²) in [6, 6.07) is 8.30. The van der Waals surface area contributed by atoms with Crippen LogP contribution in [0.5, 0.6) is 5.75 Å². The molecule has 1 heterocycles. The summed E-state index contributed by atoms with van der Waals surface area (Å²) in [5.74, 6) is -0.409. The number of hydrogen-bond acceptors (Lipinski definition) is 3. The number of phenols is 1. The molecule has 4 nitrogen and oxygen atoms in total. The number of nitrogens with zero attached hydrogens (tertiary/aromatic N) is 1. The first-order valence-electron chi connectivity index (χ1n) is 4.97. The highest BCUT2D eigenvalue weighted by molar-refractivity contribution is 14.1. The van der Waals surface area contributed by atoms with Gasteiger partial charge in [0.1, 0.15) is 10.4 Å². The number of halogens is 2. The van der Waals surface area contributed by atoms with Crippen LogP contribution in [0, 0.1) is 3.57 Å². The lowest BCUT2D eigenvalue weighted by Crippen LogP contribution is -2.12. The number of pyridine rings is 1. The summed E-state index contributed by atoms with van der Waals surface area (Å²) in [6.45, 7) is 0. The Morgan fingerprint density at radius 2 is 2.11 bits per heavy atom. The Morgan fingerprint density at radius 1 is 1.33 bits per heavy atom. The number of anilines is 1. The number of carbonyl (C=O) groups is 1. The smallest absolute Gasteiger partial charge is 0.259 e. The van der Waals surface area contributed by atoms with Gasteiger partial charge in [0, 0.05) is 3.57 Å². The Hall–Kier alpha value is -1.15. The standard InChI is InChI=1S/C12H8BrIN2O2/c13-11-4-2-8(6-15-11)16-12(18)9-5-7(14)1-3-10(9)17/h1-6,17H,(H,16,18). The zero-order valence-corrected chi connectivity index (χ0v) is 12.8. The zero-order chi connectivity index (χ0) is 13.1. The van der Waals surface area contributed by atoms with Crippen LogP contribution in [0.1, 0.15) is 10.4 Å². The van der Waals surface area contributed by atoms with Crippen LogP contribution >= 0.6 is 38.5 Å². The van der Waals surface area contributed by atoms with Gasteiger partial charge in [0.2, 0.25) is 0 Å². The molecular formula is C12H8BrIN2O2. The van der Waals surface area contributed by atoms with Crippen molar-refractivity contribution in [3.63, 3.8) is 0 Å². The van der Waals surface area contributed by atoms with Crippen LogP contribution < -0.4 is 5.32 Å². The third kappa shape index (κ3) is 3.20. The lowest BCUT2D eigenvalue weighted by Gasteiger charge is -2.07. The van der Waals surface area contributed by atoms with Gasteiger partial charge in [-0.15, -0.1) is 0 Å². The molecule has 6 heteroatoms. The number of hydrogen-bond donors (Lipinski definition) is 2. The van der Waals surface area contributed by atoms with Gasteiger partial charge in [0.05, 0.1) is 17.4 Å². The molecule has 0 radical (unpaired) electrons. The van der Waals surface area contributed by atoms with Crippen molar-refractivity contribution in [3.8, 4) is 5.75 Å². The fourth-order valence-electron chi connectivity index (χ4n) is 1.34. The van der Waals surface area contributed by atoms with E-state index < -0.39 is 0 Å². The summed E-state index contributed by atoms with van der Waals surface area (Å²) in [7, 11) is 0. The molecule has 2 N–H and O–H groups in total. The minimum absolute atomic E-state index is 0.0435. The maximum atomic E-state index is 12.0. The molecule has 0 aliphatic heterocycles. The second kappa shape index (κ2) is 5.66. The molecule has 0 atom stereocenters. The molecule has 0 saturated heterocycles. The molecular weight excluding hydrogens is 411 g/mol. The molecule has 0 aliphatic rings. The largest absolute Gasteiger partial charge is 0.507 e.